The third kappa shape index (κ3) is 6.45. The second-order valence-electron chi connectivity index (χ2n) is 8.60. The molecule has 0 aliphatic carbocycles. The number of hydrogen-bond acceptors (Lipinski definition) is 6. The summed E-state index contributed by atoms with van der Waals surface area (Å²) in [4.78, 5) is 24.4. The summed E-state index contributed by atoms with van der Waals surface area (Å²) in [6.07, 6.45) is 7.19. The summed E-state index contributed by atoms with van der Waals surface area (Å²) in [6, 6.07) is 9.04. The summed E-state index contributed by atoms with van der Waals surface area (Å²) in [7, 11) is 0. The van der Waals surface area contributed by atoms with Crippen molar-refractivity contribution >= 4 is 11.7 Å². The fourth-order valence-corrected chi connectivity index (χ4v) is 4.14. The van der Waals surface area contributed by atoms with Crippen molar-refractivity contribution in [3.8, 4) is 17.2 Å². The molecule has 0 saturated carbocycles. The molecule has 0 radical (unpaired) electrons. The average molecular weight is 499 g/mol. The van der Waals surface area contributed by atoms with Crippen LogP contribution >= 0.6 is 0 Å². The lowest BCUT2D eigenvalue weighted by molar-refractivity contribution is -0.114. The monoisotopic (exact) mass is 498 g/mol. The highest BCUT2D eigenvalue weighted by atomic mass is 19.1. The van der Waals surface area contributed by atoms with Gasteiger partial charge < -0.3 is 20.1 Å². The fraction of sp³-hybridized carbons (Fsp3) is 0.346. The molecule has 0 spiro atoms. The number of ketones is 1. The van der Waals surface area contributed by atoms with Crippen LogP contribution < -0.4 is 15.2 Å². The number of aromatic nitrogens is 2. The highest BCUT2D eigenvalue weighted by molar-refractivity contribution is 6.42. The van der Waals surface area contributed by atoms with E-state index in [9.17, 15) is 18.4 Å². The van der Waals surface area contributed by atoms with E-state index < -0.39 is 11.7 Å². The number of hydrogen-bond donors (Lipinski definition) is 1. The van der Waals surface area contributed by atoms with Gasteiger partial charge in [-0.25, -0.2) is 13.5 Å². The van der Waals surface area contributed by atoms with E-state index >= 15 is 0 Å². The average Bonchev–Trinajstić information content (AvgIpc) is 3.57. The first-order valence-corrected chi connectivity index (χ1v) is 11.9. The summed E-state index contributed by atoms with van der Waals surface area (Å²) in [6.45, 7) is 4.48. The molecule has 190 valence electrons. The van der Waals surface area contributed by atoms with Crippen molar-refractivity contribution in [1.82, 2.24) is 14.7 Å². The molecular formula is C26H28F2N4O4. The largest absolute Gasteiger partial charge is 0.486 e. The topological polar surface area (TPSA) is 99.7 Å². The molecule has 2 aromatic carbocycles. The van der Waals surface area contributed by atoms with Gasteiger partial charge in [-0.15, -0.1) is 0 Å². The number of benzene rings is 2. The molecule has 2 aliphatic rings. The van der Waals surface area contributed by atoms with Gasteiger partial charge in [-0.05, 0) is 87.3 Å². The third-order valence-electron chi connectivity index (χ3n) is 5.95. The smallest absolute Gasteiger partial charge is 0.289 e. The Bertz CT molecular complexity index is 1210. The van der Waals surface area contributed by atoms with Crippen molar-refractivity contribution in [2.24, 2.45) is 5.73 Å². The van der Waals surface area contributed by atoms with Crippen molar-refractivity contribution < 1.29 is 27.8 Å². The van der Waals surface area contributed by atoms with Gasteiger partial charge in [0.1, 0.15) is 19.0 Å². The van der Waals surface area contributed by atoms with Crippen molar-refractivity contribution in [2.75, 3.05) is 32.8 Å². The zero-order valence-corrected chi connectivity index (χ0v) is 19.8. The third-order valence-corrected chi connectivity index (χ3v) is 5.95. The van der Waals surface area contributed by atoms with Gasteiger partial charge in [0.15, 0.2) is 17.3 Å². The number of carbonyl (C=O) groups is 2. The van der Waals surface area contributed by atoms with Crippen LogP contribution in [0.15, 0.2) is 48.8 Å². The predicted octanol–water partition coefficient (Wildman–Crippen LogP) is 3.30. The summed E-state index contributed by atoms with van der Waals surface area (Å²) >= 11 is 0. The normalized spacial score (nSPS) is 14.7. The molecule has 5 rings (SSSR count). The van der Waals surface area contributed by atoms with Crippen LogP contribution in [0.2, 0.25) is 0 Å². The van der Waals surface area contributed by atoms with Crippen molar-refractivity contribution in [2.45, 2.75) is 25.7 Å². The molecule has 0 unspecified atom stereocenters. The number of ether oxygens (including phenoxy) is 2. The Morgan fingerprint density at radius 3 is 2.47 bits per heavy atom. The number of aryl methyl sites for hydroxylation is 1. The Labute approximate surface area is 207 Å². The van der Waals surface area contributed by atoms with Crippen LogP contribution in [0.5, 0.6) is 11.5 Å². The Kier molecular flexibility index (Phi) is 8.27. The van der Waals surface area contributed by atoms with E-state index in [-0.39, 0.29) is 22.9 Å². The standard InChI is InChI=1S/C15H20FNO2.C11H8FN3O2/c16-13-10-12(4-3-7-17-5-1-2-6-17)11-14-15(13)19-9-8-18-14;12-8-1-3-9(4-2-8)15-6-7(5-14-15)10(16)11(13)17/h10-11H,1-9H2;1-6H,(H2,13,17). The van der Waals surface area contributed by atoms with E-state index in [0.29, 0.717) is 24.7 Å². The number of nitrogens with two attached hydrogens (primary N) is 1. The van der Waals surface area contributed by atoms with Crippen LogP contribution in [0.1, 0.15) is 35.2 Å². The van der Waals surface area contributed by atoms with Crippen molar-refractivity contribution in [1.29, 1.82) is 0 Å². The lowest BCUT2D eigenvalue weighted by Crippen LogP contribution is -2.22. The minimum Gasteiger partial charge on any atom is -0.486 e. The lowest BCUT2D eigenvalue weighted by atomic mass is 10.1. The molecule has 36 heavy (non-hydrogen) atoms. The molecule has 3 aromatic rings. The number of rotatable bonds is 7. The van der Waals surface area contributed by atoms with Crippen LogP contribution in [0, 0.1) is 11.6 Å². The molecule has 8 nitrogen and oxygen atoms in total. The predicted molar refractivity (Wildman–Crippen MR) is 128 cm³/mol. The molecule has 1 saturated heterocycles. The van der Waals surface area contributed by atoms with Crippen molar-refractivity contribution in [3.63, 3.8) is 0 Å². The van der Waals surface area contributed by atoms with Gasteiger partial charge >= 0.3 is 0 Å². The maximum Gasteiger partial charge on any atom is 0.289 e. The van der Waals surface area contributed by atoms with Gasteiger partial charge in [-0.3, -0.25) is 9.59 Å². The number of nitrogens with zero attached hydrogens (tertiary/aromatic N) is 3. The van der Waals surface area contributed by atoms with E-state index in [1.807, 2.05) is 6.07 Å². The SMILES string of the molecule is Fc1cc(CCCN2CCCC2)cc2c1OCCO2.NC(=O)C(=O)c1cnn(-c2ccc(F)cc2)c1. The quantitative estimate of drug-likeness (QED) is 0.396. The highest BCUT2D eigenvalue weighted by Crippen LogP contribution is 2.34. The molecule has 3 heterocycles. The number of carbonyl (C=O) groups excluding carboxylic acids is 2. The van der Waals surface area contributed by atoms with E-state index in [0.717, 1.165) is 24.9 Å². The number of amides is 1. The molecule has 0 atom stereocenters. The number of fused-ring (bicyclic) bond motifs is 1. The second kappa shape index (κ2) is 11.8. The van der Waals surface area contributed by atoms with E-state index in [1.165, 1.54) is 67.3 Å². The van der Waals surface area contributed by atoms with Crippen molar-refractivity contribution in [3.05, 3.63) is 71.6 Å². The van der Waals surface area contributed by atoms with Gasteiger partial charge in [-0.2, -0.15) is 5.10 Å². The zero-order valence-electron chi connectivity index (χ0n) is 19.8. The Balaban J connectivity index is 0.000000170. The molecule has 0 bridgehead atoms. The number of halogens is 2. The molecule has 2 aliphatic heterocycles. The minimum atomic E-state index is -1.04. The van der Waals surface area contributed by atoms with Gasteiger partial charge in [0.2, 0.25) is 0 Å². The first-order valence-electron chi connectivity index (χ1n) is 11.9. The van der Waals surface area contributed by atoms with Gasteiger partial charge in [0.05, 0.1) is 17.4 Å². The van der Waals surface area contributed by atoms with Gasteiger partial charge in [0.25, 0.3) is 11.7 Å². The van der Waals surface area contributed by atoms with E-state index in [2.05, 4.69) is 10.00 Å². The molecule has 2 N–H and O–H groups in total. The summed E-state index contributed by atoms with van der Waals surface area (Å²) in [5, 5.41) is 3.89. The van der Waals surface area contributed by atoms with Crippen LogP contribution in [-0.2, 0) is 11.2 Å². The van der Waals surface area contributed by atoms with Crippen LogP contribution in [-0.4, -0.2) is 59.2 Å². The van der Waals surface area contributed by atoms with Crippen LogP contribution in [0.4, 0.5) is 8.78 Å². The van der Waals surface area contributed by atoms with Crippen LogP contribution in [0.25, 0.3) is 5.69 Å². The highest BCUT2D eigenvalue weighted by Gasteiger charge is 2.18. The number of likely N-dealkylation sites (tertiary alicyclic amines) is 1. The maximum atomic E-state index is 13.8. The summed E-state index contributed by atoms with van der Waals surface area (Å²) < 4.78 is 38.6. The summed E-state index contributed by atoms with van der Waals surface area (Å²) in [5.74, 6) is -1.68. The number of Topliss-reactive ketones (excluding diaryl/α,β-unsaturated/α-hetero) is 1. The first-order chi connectivity index (χ1) is 17.4. The zero-order chi connectivity index (χ0) is 25.5. The Morgan fingerprint density at radius 1 is 1.03 bits per heavy atom. The van der Waals surface area contributed by atoms with E-state index in [4.69, 9.17) is 15.2 Å². The van der Waals surface area contributed by atoms with Gasteiger partial charge in [0, 0.05) is 6.20 Å². The Hall–Kier alpha value is -3.79. The number of primary amides is 1. The summed E-state index contributed by atoms with van der Waals surface area (Å²) in [5.41, 5.74) is 6.54. The lowest BCUT2D eigenvalue weighted by Gasteiger charge is -2.20. The minimum absolute atomic E-state index is 0.0989. The molecule has 10 heteroatoms. The molecule has 1 aromatic heterocycles. The maximum absolute atomic E-state index is 13.8. The van der Waals surface area contributed by atoms with Crippen LogP contribution in [0.3, 0.4) is 0 Å². The Morgan fingerprint density at radius 2 is 1.75 bits per heavy atom. The molecule has 1 fully saturated rings. The molecule has 1 amide bonds. The van der Waals surface area contributed by atoms with Gasteiger partial charge in [-0.1, -0.05) is 0 Å². The van der Waals surface area contributed by atoms with E-state index in [1.54, 1.807) is 6.07 Å². The first kappa shape index (κ1) is 25.3. The molecular weight excluding hydrogens is 470 g/mol. The second-order valence-corrected chi connectivity index (χ2v) is 8.60. The fourth-order valence-electron chi connectivity index (χ4n) is 4.14.